The van der Waals surface area contributed by atoms with E-state index in [0.29, 0.717) is 59.4 Å². The van der Waals surface area contributed by atoms with Gasteiger partial charge in [0.2, 0.25) is 0 Å². The van der Waals surface area contributed by atoms with Crippen molar-refractivity contribution in [3.05, 3.63) is 76.7 Å². The summed E-state index contributed by atoms with van der Waals surface area (Å²) in [5, 5.41) is 24.1. The van der Waals surface area contributed by atoms with Crippen LogP contribution in [0.2, 0.25) is 0 Å². The van der Waals surface area contributed by atoms with Crippen molar-refractivity contribution in [3.63, 3.8) is 0 Å². The first-order chi connectivity index (χ1) is 18.8. The lowest BCUT2D eigenvalue weighted by molar-refractivity contribution is -0.139. The standard InChI is InChI=1S/C30H30N2O6S/c1-2-38-25-17-21-9-7-6-8-20(21)16-22(25)18-26-28(35)32-30(39-26)31-23-14-12-19(13-15-23)24(29(36)37)10-4-3-5-11-27(33)34/h6-9,12-18,24H,2-5,10-11H2,1H3,(H,33,34)(H,36,37)(H,31,32,35)/b26-18+. The lowest BCUT2D eigenvalue weighted by Gasteiger charge is -2.13. The van der Waals surface area contributed by atoms with Gasteiger partial charge in [-0.05, 0) is 78.2 Å². The maximum atomic E-state index is 12.7. The van der Waals surface area contributed by atoms with Gasteiger partial charge in [0, 0.05) is 17.7 Å². The van der Waals surface area contributed by atoms with Crippen molar-refractivity contribution >= 4 is 57.3 Å². The number of amidine groups is 1. The second-order valence-corrected chi connectivity index (χ2v) is 10.2. The van der Waals surface area contributed by atoms with E-state index in [1.807, 2.05) is 43.3 Å². The van der Waals surface area contributed by atoms with Gasteiger partial charge >= 0.3 is 11.9 Å². The summed E-state index contributed by atoms with van der Waals surface area (Å²) in [5.41, 5.74) is 2.16. The molecule has 0 aromatic heterocycles. The Bertz CT molecular complexity index is 1430. The van der Waals surface area contributed by atoms with Crippen LogP contribution in [-0.2, 0) is 14.4 Å². The van der Waals surface area contributed by atoms with Crippen LogP contribution in [0.3, 0.4) is 0 Å². The Balaban J connectivity index is 1.41. The Labute approximate surface area is 230 Å². The molecule has 1 unspecified atom stereocenters. The number of hydrogen-bond acceptors (Lipinski definition) is 6. The minimum absolute atomic E-state index is 0.0926. The molecule has 0 saturated heterocycles. The minimum atomic E-state index is -0.912. The monoisotopic (exact) mass is 546 g/mol. The fourth-order valence-corrected chi connectivity index (χ4v) is 5.22. The molecule has 1 aliphatic heterocycles. The van der Waals surface area contributed by atoms with E-state index in [4.69, 9.17) is 9.84 Å². The SMILES string of the molecule is CCOc1cc2ccccc2cc1/C=C1/SC(Nc2ccc(C(CCCCCC(=O)O)C(=O)O)cc2)=NC1=O. The lowest BCUT2D eigenvalue weighted by atomic mass is 9.93. The first-order valence-electron chi connectivity index (χ1n) is 12.8. The largest absolute Gasteiger partial charge is 0.493 e. The third kappa shape index (κ3) is 7.48. The number of amides is 1. The third-order valence-electron chi connectivity index (χ3n) is 6.33. The number of unbranched alkanes of at least 4 members (excludes halogenated alkanes) is 2. The van der Waals surface area contributed by atoms with Gasteiger partial charge in [-0.25, -0.2) is 0 Å². The summed E-state index contributed by atoms with van der Waals surface area (Å²) < 4.78 is 5.82. The van der Waals surface area contributed by atoms with E-state index in [-0.39, 0.29) is 12.3 Å². The van der Waals surface area contributed by atoms with Crippen LogP contribution in [0.5, 0.6) is 5.75 Å². The number of nitrogens with one attached hydrogen (secondary N) is 1. The van der Waals surface area contributed by atoms with E-state index in [2.05, 4.69) is 10.3 Å². The average Bonchev–Trinajstić information content (AvgIpc) is 3.25. The van der Waals surface area contributed by atoms with Crippen molar-refractivity contribution in [2.45, 2.75) is 44.9 Å². The van der Waals surface area contributed by atoms with Gasteiger partial charge < -0.3 is 20.3 Å². The van der Waals surface area contributed by atoms with E-state index in [1.165, 1.54) is 11.8 Å². The van der Waals surface area contributed by atoms with Gasteiger partial charge in [0.05, 0.1) is 17.4 Å². The molecule has 0 aliphatic carbocycles. The Kier molecular flexibility index (Phi) is 9.38. The number of aliphatic carboxylic acids is 2. The molecular weight excluding hydrogens is 516 g/mol. The highest BCUT2D eigenvalue weighted by atomic mass is 32.2. The number of anilines is 1. The Morgan fingerprint density at radius 1 is 1.03 bits per heavy atom. The zero-order valence-corrected chi connectivity index (χ0v) is 22.4. The lowest BCUT2D eigenvalue weighted by Crippen LogP contribution is -2.12. The molecule has 0 bridgehead atoms. The van der Waals surface area contributed by atoms with Crippen LogP contribution in [0, 0.1) is 0 Å². The number of aliphatic imine (C=N–C) groups is 1. The van der Waals surface area contributed by atoms with Gasteiger partial charge in [-0.3, -0.25) is 14.4 Å². The normalized spacial score (nSPS) is 14.8. The van der Waals surface area contributed by atoms with E-state index >= 15 is 0 Å². The van der Waals surface area contributed by atoms with Crippen molar-refractivity contribution < 1.29 is 29.3 Å². The van der Waals surface area contributed by atoms with Gasteiger partial charge in [-0.15, -0.1) is 0 Å². The van der Waals surface area contributed by atoms with Crippen molar-refractivity contribution in [3.8, 4) is 5.75 Å². The van der Waals surface area contributed by atoms with E-state index < -0.39 is 17.9 Å². The van der Waals surface area contributed by atoms with Crippen LogP contribution >= 0.6 is 11.8 Å². The number of fused-ring (bicyclic) bond motifs is 1. The minimum Gasteiger partial charge on any atom is -0.493 e. The number of nitrogens with zero attached hydrogens (tertiary/aromatic N) is 1. The molecule has 202 valence electrons. The molecular formula is C30H30N2O6S. The van der Waals surface area contributed by atoms with Crippen LogP contribution in [0.15, 0.2) is 70.6 Å². The maximum absolute atomic E-state index is 12.7. The predicted molar refractivity (Wildman–Crippen MR) is 154 cm³/mol. The number of thioether (sulfide) groups is 1. The molecule has 4 rings (SSSR count). The number of ether oxygens (including phenoxy) is 1. The van der Waals surface area contributed by atoms with Crippen molar-refractivity contribution in [1.82, 2.24) is 0 Å². The topological polar surface area (TPSA) is 125 Å². The molecule has 9 heteroatoms. The number of hydrogen-bond donors (Lipinski definition) is 3. The third-order valence-corrected chi connectivity index (χ3v) is 7.23. The summed E-state index contributed by atoms with van der Waals surface area (Å²) in [7, 11) is 0. The van der Waals surface area contributed by atoms with Crippen molar-refractivity contribution in [1.29, 1.82) is 0 Å². The molecule has 1 aliphatic rings. The number of carbonyl (C=O) groups is 3. The van der Waals surface area contributed by atoms with Gasteiger partial charge in [0.15, 0.2) is 5.17 Å². The number of carbonyl (C=O) groups excluding carboxylic acids is 1. The van der Waals surface area contributed by atoms with Crippen LogP contribution in [0.25, 0.3) is 16.8 Å². The molecule has 3 N–H and O–H groups in total. The Hall–Kier alpha value is -4.11. The van der Waals surface area contributed by atoms with E-state index in [9.17, 15) is 19.5 Å². The second-order valence-electron chi connectivity index (χ2n) is 9.13. The fraction of sp³-hybridized carbons (Fsp3) is 0.267. The van der Waals surface area contributed by atoms with E-state index in [0.717, 1.165) is 16.3 Å². The molecule has 8 nitrogen and oxygen atoms in total. The number of carboxylic acid groups (broad SMARTS) is 2. The van der Waals surface area contributed by atoms with Gasteiger partial charge in [-0.2, -0.15) is 4.99 Å². The summed E-state index contributed by atoms with van der Waals surface area (Å²) in [6, 6.07) is 19.0. The smallest absolute Gasteiger partial charge is 0.310 e. The quantitative estimate of drug-likeness (QED) is 0.173. The van der Waals surface area contributed by atoms with Crippen LogP contribution < -0.4 is 10.1 Å². The first kappa shape index (κ1) is 27.9. The molecule has 0 fully saturated rings. The Morgan fingerprint density at radius 3 is 2.41 bits per heavy atom. The molecule has 3 aromatic carbocycles. The van der Waals surface area contributed by atoms with Crippen LogP contribution in [0.4, 0.5) is 5.69 Å². The van der Waals surface area contributed by atoms with Gasteiger partial charge in [0.1, 0.15) is 5.75 Å². The predicted octanol–water partition coefficient (Wildman–Crippen LogP) is 6.52. The molecule has 39 heavy (non-hydrogen) atoms. The number of carboxylic acids is 2. The number of benzene rings is 3. The van der Waals surface area contributed by atoms with Crippen LogP contribution in [0.1, 0.15) is 56.1 Å². The zero-order chi connectivity index (χ0) is 27.8. The van der Waals surface area contributed by atoms with Crippen molar-refractivity contribution in [2.24, 2.45) is 4.99 Å². The molecule has 1 atom stereocenters. The second kappa shape index (κ2) is 13.1. The highest BCUT2D eigenvalue weighted by Crippen LogP contribution is 2.34. The van der Waals surface area contributed by atoms with Crippen molar-refractivity contribution in [2.75, 3.05) is 11.9 Å². The zero-order valence-electron chi connectivity index (χ0n) is 21.6. The summed E-state index contributed by atoms with van der Waals surface area (Å²) in [6.07, 6.45) is 4.16. The van der Waals surface area contributed by atoms with Gasteiger partial charge in [-0.1, -0.05) is 49.2 Å². The fourth-order valence-electron chi connectivity index (χ4n) is 4.39. The Morgan fingerprint density at radius 2 is 1.74 bits per heavy atom. The summed E-state index contributed by atoms with van der Waals surface area (Å²) in [5.74, 6) is -2.07. The number of rotatable bonds is 12. The highest BCUT2D eigenvalue weighted by molar-refractivity contribution is 8.18. The molecule has 1 amide bonds. The molecule has 1 heterocycles. The summed E-state index contributed by atoms with van der Waals surface area (Å²) in [4.78, 5) is 39.7. The summed E-state index contributed by atoms with van der Waals surface area (Å²) in [6.45, 7) is 2.42. The maximum Gasteiger partial charge on any atom is 0.310 e. The molecule has 0 saturated carbocycles. The van der Waals surface area contributed by atoms with E-state index in [1.54, 1.807) is 30.3 Å². The molecule has 3 aromatic rings. The molecule has 0 spiro atoms. The average molecular weight is 547 g/mol. The first-order valence-corrected chi connectivity index (χ1v) is 13.7. The highest BCUT2D eigenvalue weighted by Gasteiger charge is 2.23. The van der Waals surface area contributed by atoms with Gasteiger partial charge in [0.25, 0.3) is 5.91 Å². The van der Waals surface area contributed by atoms with Crippen LogP contribution in [-0.4, -0.2) is 39.8 Å². The summed E-state index contributed by atoms with van der Waals surface area (Å²) >= 11 is 1.23. The molecule has 0 radical (unpaired) electrons.